The van der Waals surface area contributed by atoms with E-state index in [9.17, 15) is 0 Å². The smallest absolute Gasteiger partial charge is 0.0361 e. The van der Waals surface area contributed by atoms with Crippen molar-refractivity contribution in [1.82, 2.24) is 0 Å². The second-order valence-corrected chi connectivity index (χ2v) is 9.08. The highest BCUT2D eigenvalue weighted by atomic mass is 32.1. The van der Waals surface area contributed by atoms with Crippen molar-refractivity contribution in [2.45, 2.75) is 13.8 Å². The van der Waals surface area contributed by atoms with Gasteiger partial charge in [-0.3, -0.25) is 0 Å². The van der Waals surface area contributed by atoms with Gasteiger partial charge in [-0.25, -0.2) is 0 Å². The number of hydrogen-bond acceptors (Lipinski definition) is 1. The van der Waals surface area contributed by atoms with E-state index in [2.05, 4.69) is 123 Å². The molecule has 0 saturated heterocycles. The fraction of sp³-hybridized carbons (Fsp3) is 0.0667. The van der Waals surface area contributed by atoms with Crippen LogP contribution in [0.1, 0.15) is 33.4 Å². The lowest BCUT2D eigenvalue weighted by Crippen LogP contribution is -1.83. The molecule has 0 N–H and O–H groups in total. The Labute approximate surface area is 187 Å². The normalized spacial score (nSPS) is 11.9. The highest BCUT2D eigenvalue weighted by Gasteiger charge is 2.10. The van der Waals surface area contributed by atoms with E-state index in [4.69, 9.17) is 0 Å². The van der Waals surface area contributed by atoms with Crippen molar-refractivity contribution >= 4 is 55.8 Å². The Balaban J connectivity index is 1.67. The molecule has 31 heavy (non-hydrogen) atoms. The second kappa shape index (κ2) is 8.37. The van der Waals surface area contributed by atoms with Crippen molar-refractivity contribution < 1.29 is 0 Å². The van der Waals surface area contributed by atoms with Crippen LogP contribution in [-0.2, 0) is 0 Å². The summed E-state index contributed by atoms with van der Waals surface area (Å²) >= 11 is 1.89. The minimum atomic E-state index is 1.21. The summed E-state index contributed by atoms with van der Waals surface area (Å²) in [5, 5.41) is 2.70. The van der Waals surface area contributed by atoms with Gasteiger partial charge < -0.3 is 0 Å². The molecule has 0 aliphatic heterocycles. The molecule has 1 heterocycles. The van der Waals surface area contributed by atoms with Crippen LogP contribution >= 0.6 is 11.3 Å². The van der Waals surface area contributed by atoms with E-state index in [1.807, 2.05) is 11.3 Å². The van der Waals surface area contributed by atoms with Crippen LogP contribution in [0, 0.1) is 13.8 Å². The molecule has 0 bridgehead atoms. The van der Waals surface area contributed by atoms with Gasteiger partial charge in [-0.05, 0) is 71.5 Å². The molecule has 0 amide bonds. The van der Waals surface area contributed by atoms with E-state index in [0.717, 1.165) is 0 Å². The van der Waals surface area contributed by atoms with Gasteiger partial charge in [0.25, 0.3) is 0 Å². The minimum Gasteiger partial charge on any atom is -0.135 e. The maximum Gasteiger partial charge on any atom is 0.0361 e. The van der Waals surface area contributed by atoms with Gasteiger partial charge in [0.1, 0.15) is 0 Å². The molecule has 4 aromatic carbocycles. The summed E-state index contributed by atoms with van der Waals surface area (Å²) in [5.41, 5.74) is 7.60. The number of benzene rings is 4. The summed E-state index contributed by atoms with van der Waals surface area (Å²) in [5.74, 6) is 0. The van der Waals surface area contributed by atoms with Crippen LogP contribution in [0.15, 0.2) is 84.9 Å². The molecular formula is C30H24S. The first kappa shape index (κ1) is 19.5. The van der Waals surface area contributed by atoms with Gasteiger partial charge in [-0.15, -0.1) is 11.3 Å². The van der Waals surface area contributed by atoms with Gasteiger partial charge in [-0.1, -0.05) is 85.0 Å². The lowest BCUT2D eigenvalue weighted by molar-refractivity contribution is 1.37. The van der Waals surface area contributed by atoms with Crippen LogP contribution in [0.2, 0.25) is 0 Å². The van der Waals surface area contributed by atoms with Crippen LogP contribution in [0.3, 0.4) is 0 Å². The van der Waals surface area contributed by atoms with E-state index in [1.165, 1.54) is 53.6 Å². The van der Waals surface area contributed by atoms with Crippen LogP contribution in [-0.4, -0.2) is 0 Å². The maximum atomic E-state index is 2.35. The average molecular weight is 417 g/mol. The molecule has 0 aliphatic carbocycles. The SMILES string of the molecule is Cc1cc2sc3cc(/C=C/c4ccccc4)c(/C=C/c4ccccc4)cc3c2cc1C. The van der Waals surface area contributed by atoms with Crippen molar-refractivity contribution in [3.05, 3.63) is 118 Å². The van der Waals surface area contributed by atoms with Crippen LogP contribution in [0.25, 0.3) is 44.5 Å². The molecule has 0 unspecified atom stereocenters. The van der Waals surface area contributed by atoms with Gasteiger partial charge in [0.05, 0.1) is 0 Å². The van der Waals surface area contributed by atoms with Crippen molar-refractivity contribution in [3.63, 3.8) is 0 Å². The lowest BCUT2D eigenvalue weighted by atomic mass is 9.99. The Kier molecular flexibility index (Phi) is 5.28. The molecule has 0 nitrogen and oxygen atoms in total. The first-order chi connectivity index (χ1) is 15.2. The van der Waals surface area contributed by atoms with Gasteiger partial charge in [-0.2, -0.15) is 0 Å². The lowest BCUT2D eigenvalue weighted by Gasteiger charge is -2.04. The molecular weight excluding hydrogens is 392 g/mol. The molecule has 1 aromatic heterocycles. The zero-order valence-electron chi connectivity index (χ0n) is 17.8. The molecule has 5 rings (SSSR count). The third-order valence-electron chi connectivity index (χ3n) is 5.80. The predicted molar refractivity (Wildman–Crippen MR) is 140 cm³/mol. The summed E-state index contributed by atoms with van der Waals surface area (Å²) in [7, 11) is 0. The molecule has 0 fully saturated rings. The minimum absolute atomic E-state index is 1.21. The van der Waals surface area contributed by atoms with Crippen molar-refractivity contribution in [3.8, 4) is 0 Å². The number of thiophene rings is 1. The number of fused-ring (bicyclic) bond motifs is 3. The Morgan fingerprint density at radius 1 is 0.516 bits per heavy atom. The Bertz CT molecular complexity index is 1420. The maximum absolute atomic E-state index is 2.35. The molecule has 0 spiro atoms. The fourth-order valence-corrected chi connectivity index (χ4v) is 5.12. The Hall–Kier alpha value is -3.42. The van der Waals surface area contributed by atoms with Gasteiger partial charge in [0.2, 0.25) is 0 Å². The summed E-state index contributed by atoms with van der Waals surface area (Å²) < 4.78 is 2.70. The summed E-state index contributed by atoms with van der Waals surface area (Å²) in [6.07, 6.45) is 8.87. The number of aryl methyl sites for hydroxylation is 2. The molecule has 1 heteroatoms. The second-order valence-electron chi connectivity index (χ2n) is 8.00. The van der Waals surface area contributed by atoms with Crippen molar-refractivity contribution in [1.29, 1.82) is 0 Å². The Morgan fingerprint density at radius 3 is 1.61 bits per heavy atom. The highest BCUT2D eigenvalue weighted by molar-refractivity contribution is 7.25. The van der Waals surface area contributed by atoms with Crippen molar-refractivity contribution in [2.24, 2.45) is 0 Å². The van der Waals surface area contributed by atoms with Crippen molar-refractivity contribution in [2.75, 3.05) is 0 Å². The molecule has 0 radical (unpaired) electrons. The number of rotatable bonds is 4. The van der Waals surface area contributed by atoms with E-state index >= 15 is 0 Å². The zero-order valence-corrected chi connectivity index (χ0v) is 18.6. The zero-order chi connectivity index (χ0) is 21.2. The quantitative estimate of drug-likeness (QED) is 0.256. The first-order valence-electron chi connectivity index (χ1n) is 10.6. The van der Waals surface area contributed by atoms with Crippen LogP contribution < -0.4 is 0 Å². The standard InChI is InChI=1S/C30H24S/c1-21-17-27-28-19-25(15-13-23-9-5-3-6-10-23)26(16-14-24-11-7-4-8-12-24)20-30(28)31-29(27)18-22(21)2/h3-20H,1-2H3/b15-13+,16-14+. The van der Waals surface area contributed by atoms with Crippen LogP contribution in [0.5, 0.6) is 0 Å². The van der Waals surface area contributed by atoms with E-state index in [1.54, 1.807) is 0 Å². The van der Waals surface area contributed by atoms with Gasteiger partial charge >= 0.3 is 0 Å². The molecule has 0 saturated carbocycles. The average Bonchev–Trinajstić information content (AvgIpc) is 3.13. The van der Waals surface area contributed by atoms with Crippen LogP contribution in [0.4, 0.5) is 0 Å². The van der Waals surface area contributed by atoms with E-state index in [0.29, 0.717) is 0 Å². The Morgan fingerprint density at radius 2 is 1.00 bits per heavy atom. The van der Waals surface area contributed by atoms with Gasteiger partial charge in [0, 0.05) is 20.2 Å². The molecule has 0 atom stereocenters. The van der Waals surface area contributed by atoms with E-state index in [-0.39, 0.29) is 0 Å². The summed E-state index contributed by atoms with van der Waals surface area (Å²) in [6, 6.07) is 30.3. The molecule has 150 valence electrons. The fourth-order valence-electron chi connectivity index (χ4n) is 3.90. The molecule has 5 aromatic rings. The topological polar surface area (TPSA) is 0 Å². The summed E-state index contributed by atoms with van der Waals surface area (Å²) in [4.78, 5) is 0. The number of hydrogen-bond donors (Lipinski definition) is 0. The third-order valence-corrected chi connectivity index (χ3v) is 6.92. The predicted octanol–water partition coefficient (Wildman–Crippen LogP) is 9.01. The highest BCUT2D eigenvalue weighted by Crippen LogP contribution is 2.37. The monoisotopic (exact) mass is 416 g/mol. The largest absolute Gasteiger partial charge is 0.135 e. The summed E-state index contributed by atoms with van der Waals surface area (Å²) in [6.45, 7) is 4.40. The van der Waals surface area contributed by atoms with E-state index < -0.39 is 0 Å². The first-order valence-corrected chi connectivity index (χ1v) is 11.4. The third kappa shape index (κ3) is 4.10. The van der Waals surface area contributed by atoms with Gasteiger partial charge in [0.15, 0.2) is 0 Å². The molecule has 0 aliphatic rings.